The number of anilines is 1. The number of nitrogens with zero attached hydrogens (tertiary/aromatic N) is 3. The van der Waals surface area contributed by atoms with Crippen LogP contribution in [0.3, 0.4) is 0 Å². The van der Waals surface area contributed by atoms with Crippen molar-refractivity contribution in [2.24, 2.45) is 4.99 Å². The van der Waals surface area contributed by atoms with Crippen LogP contribution in [0.5, 0.6) is 0 Å². The molecule has 2 aliphatic rings. The van der Waals surface area contributed by atoms with Crippen molar-refractivity contribution in [2.45, 2.75) is 77.3 Å². The molecule has 0 amide bonds. The van der Waals surface area contributed by atoms with Crippen molar-refractivity contribution < 1.29 is 0 Å². The number of hydrogen-bond donors (Lipinski definition) is 3. The van der Waals surface area contributed by atoms with E-state index in [4.69, 9.17) is 17.2 Å². The summed E-state index contributed by atoms with van der Waals surface area (Å²) in [5, 5.41) is 10.5. The number of nitrogens with one attached hydrogen (secondary N) is 3. The fourth-order valence-electron chi connectivity index (χ4n) is 3.60. The molecule has 3 N–H and O–H groups in total. The highest BCUT2D eigenvalue weighted by Crippen LogP contribution is 2.21. The second-order valence-electron chi connectivity index (χ2n) is 7.10. The van der Waals surface area contributed by atoms with Crippen LogP contribution < -0.4 is 16.0 Å². The molecule has 2 aliphatic carbocycles. The predicted molar refractivity (Wildman–Crippen MR) is 106 cm³/mol. The van der Waals surface area contributed by atoms with Crippen LogP contribution in [-0.2, 0) is 0 Å². The maximum Gasteiger partial charge on any atom is 0.229 e. The second-order valence-corrected chi connectivity index (χ2v) is 7.50. The third kappa shape index (κ3) is 5.63. The predicted octanol–water partition coefficient (Wildman–Crippen LogP) is 3.21. The van der Waals surface area contributed by atoms with Crippen LogP contribution in [0.4, 0.5) is 5.95 Å². The van der Waals surface area contributed by atoms with Crippen molar-refractivity contribution in [1.29, 1.82) is 0 Å². The van der Waals surface area contributed by atoms with E-state index >= 15 is 0 Å². The molecule has 0 unspecified atom stereocenters. The third-order valence-electron chi connectivity index (χ3n) is 4.77. The van der Waals surface area contributed by atoms with E-state index in [0.29, 0.717) is 29.1 Å². The van der Waals surface area contributed by atoms with Crippen molar-refractivity contribution in [3.8, 4) is 0 Å². The highest BCUT2D eigenvalue weighted by atomic mass is 32.1. The zero-order valence-electron chi connectivity index (χ0n) is 15.1. The fraction of sp³-hybridized carbons (Fsp3) is 0.667. The van der Waals surface area contributed by atoms with Crippen LogP contribution in [0.25, 0.3) is 0 Å². The van der Waals surface area contributed by atoms with Gasteiger partial charge in [0.15, 0.2) is 5.11 Å². The Balaban J connectivity index is 1.68. The summed E-state index contributed by atoms with van der Waals surface area (Å²) in [5.41, 5.74) is 1.86. The molecule has 0 aliphatic heterocycles. The van der Waals surface area contributed by atoms with E-state index in [1.54, 1.807) is 0 Å². The largest absolute Gasteiger partial charge is 0.360 e. The number of rotatable bonds is 3. The molecule has 0 bridgehead atoms. The van der Waals surface area contributed by atoms with Crippen LogP contribution >= 0.6 is 12.2 Å². The summed E-state index contributed by atoms with van der Waals surface area (Å²) in [4.78, 5) is 13.7. The van der Waals surface area contributed by atoms with Gasteiger partial charge in [-0.15, -0.1) is 0 Å². The van der Waals surface area contributed by atoms with E-state index in [2.05, 4.69) is 25.9 Å². The molecule has 3 rings (SSSR count). The topological polar surface area (TPSA) is 74.2 Å². The van der Waals surface area contributed by atoms with Crippen molar-refractivity contribution in [1.82, 2.24) is 20.6 Å². The molecule has 0 radical (unpaired) electrons. The standard InChI is InChI=1S/C18H28N6S/c1-12-11-13(2)20-16(19-12)23-17(21-14-7-3-4-8-14)24-18(25)22-15-9-5-6-10-15/h11,14-15H,3-10H2,1-2H3,(H3,19,20,21,22,23,24,25). The quantitative estimate of drug-likeness (QED) is 0.437. The number of aromatic nitrogens is 2. The summed E-state index contributed by atoms with van der Waals surface area (Å²) in [5.74, 6) is 1.21. The van der Waals surface area contributed by atoms with E-state index in [0.717, 1.165) is 24.2 Å². The molecule has 0 atom stereocenters. The van der Waals surface area contributed by atoms with Gasteiger partial charge in [0, 0.05) is 17.4 Å². The number of aliphatic imine (C=N–C) groups is 1. The molecule has 1 aromatic heterocycles. The van der Waals surface area contributed by atoms with Gasteiger partial charge in [0.2, 0.25) is 11.9 Å². The SMILES string of the molecule is Cc1cc(C)nc(NC(=NC2CCCC2)NC(=S)NC2CCCC2)n1. The lowest BCUT2D eigenvalue weighted by Gasteiger charge is -2.18. The van der Waals surface area contributed by atoms with Crippen LogP contribution in [0.15, 0.2) is 11.1 Å². The average molecular weight is 361 g/mol. The molecule has 25 heavy (non-hydrogen) atoms. The number of thiocarbonyl (C=S) groups is 1. The molecule has 136 valence electrons. The van der Waals surface area contributed by atoms with E-state index < -0.39 is 0 Å². The minimum absolute atomic E-state index is 0.343. The van der Waals surface area contributed by atoms with Crippen LogP contribution in [-0.4, -0.2) is 33.1 Å². The molecule has 1 aromatic rings. The Morgan fingerprint density at radius 3 is 2.28 bits per heavy atom. The van der Waals surface area contributed by atoms with E-state index in [9.17, 15) is 0 Å². The Morgan fingerprint density at radius 1 is 1.04 bits per heavy atom. The smallest absolute Gasteiger partial charge is 0.229 e. The fourth-order valence-corrected chi connectivity index (χ4v) is 3.86. The Morgan fingerprint density at radius 2 is 1.64 bits per heavy atom. The van der Waals surface area contributed by atoms with E-state index in [1.165, 1.54) is 38.5 Å². The first-order chi connectivity index (χ1) is 12.1. The monoisotopic (exact) mass is 360 g/mol. The van der Waals surface area contributed by atoms with Crippen molar-refractivity contribution >= 4 is 29.2 Å². The molecule has 7 heteroatoms. The maximum atomic E-state index is 5.49. The van der Waals surface area contributed by atoms with Gasteiger partial charge in [-0.1, -0.05) is 25.7 Å². The Hall–Kier alpha value is -1.76. The lowest BCUT2D eigenvalue weighted by Crippen LogP contribution is -2.46. The molecule has 0 aromatic carbocycles. The van der Waals surface area contributed by atoms with Crippen molar-refractivity contribution in [3.63, 3.8) is 0 Å². The van der Waals surface area contributed by atoms with Gasteiger partial charge in [0.25, 0.3) is 0 Å². The van der Waals surface area contributed by atoms with Crippen molar-refractivity contribution in [2.75, 3.05) is 5.32 Å². The zero-order chi connectivity index (χ0) is 17.6. The van der Waals surface area contributed by atoms with Gasteiger partial charge in [-0.3, -0.25) is 5.32 Å². The van der Waals surface area contributed by atoms with E-state index in [1.807, 2.05) is 19.9 Å². The number of hydrogen-bond acceptors (Lipinski definition) is 4. The summed E-state index contributed by atoms with van der Waals surface area (Å²) in [6.07, 6.45) is 9.66. The highest BCUT2D eigenvalue weighted by Gasteiger charge is 2.18. The van der Waals surface area contributed by atoms with E-state index in [-0.39, 0.29) is 0 Å². The first-order valence-corrected chi connectivity index (χ1v) is 9.74. The molecular formula is C18H28N6S. The van der Waals surface area contributed by atoms with Gasteiger partial charge in [0.05, 0.1) is 6.04 Å². The third-order valence-corrected chi connectivity index (χ3v) is 4.99. The van der Waals surface area contributed by atoms with Gasteiger partial charge in [-0.2, -0.15) is 0 Å². The minimum atomic E-state index is 0.343. The molecule has 2 saturated carbocycles. The molecule has 2 fully saturated rings. The van der Waals surface area contributed by atoms with Crippen LogP contribution in [0.2, 0.25) is 0 Å². The lowest BCUT2D eigenvalue weighted by atomic mass is 10.3. The Bertz CT molecular complexity index is 612. The zero-order valence-corrected chi connectivity index (χ0v) is 16.0. The molecule has 0 spiro atoms. The molecule has 0 saturated heterocycles. The van der Waals surface area contributed by atoms with Crippen molar-refractivity contribution in [3.05, 3.63) is 17.5 Å². The van der Waals surface area contributed by atoms with Gasteiger partial charge in [-0.05, 0) is 57.8 Å². The summed E-state index contributed by atoms with van der Waals surface area (Å²) in [6.45, 7) is 3.93. The Labute approximate surface area is 155 Å². The normalized spacial score (nSPS) is 19.2. The molecule has 1 heterocycles. The highest BCUT2D eigenvalue weighted by molar-refractivity contribution is 7.80. The van der Waals surface area contributed by atoms with Crippen LogP contribution in [0.1, 0.15) is 62.8 Å². The molecule has 6 nitrogen and oxygen atoms in total. The number of aryl methyl sites for hydroxylation is 2. The summed E-state index contributed by atoms with van der Waals surface area (Å²) in [7, 11) is 0. The average Bonchev–Trinajstić information content (AvgIpc) is 3.19. The van der Waals surface area contributed by atoms with Gasteiger partial charge in [-0.25, -0.2) is 15.0 Å². The summed E-state index contributed by atoms with van der Waals surface area (Å²) in [6, 6.07) is 2.78. The van der Waals surface area contributed by atoms with Gasteiger partial charge in [0.1, 0.15) is 0 Å². The number of guanidine groups is 1. The summed E-state index contributed by atoms with van der Waals surface area (Å²) >= 11 is 5.49. The van der Waals surface area contributed by atoms with Crippen LogP contribution in [0, 0.1) is 13.8 Å². The molecular weight excluding hydrogens is 332 g/mol. The van der Waals surface area contributed by atoms with Gasteiger partial charge >= 0.3 is 0 Å². The minimum Gasteiger partial charge on any atom is -0.360 e. The summed E-state index contributed by atoms with van der Waals surface area (Å²) < 4.78 is 0. The second kappa shape index (κ2) is 8.56. The maximum absolute atomic E-state index is 5.49. The Kier molecular flexibility index (Phi) is 6.18. The first kappa shape index (κ1) is 18.0. The first-order valence-electron chi connectivity index (χ1n) is 9.33. The lowest BCUT2D eigenvalue weighted by molar-refractivity contribution is 0.628. The van der Waals surface area contributed by atoms with Gasteiger partial charge < -0.3 is 10.6 Å².